The molecular formula is C11H22N2O2. The van der Waals surface area contributed by atoms with Gasteiger partial charge in [0, 0.05) is 19.4 Å². The number of carbonyl (C=O) groups is 2. The first kappa shape index (κ1) is 14.1. The van der Waals surface area contributed by atoms with Gasteiger partial charge in [-0.2, -0.15) is 0 Å². The molecule has 2 N–H and O–H groups in total. The first-order chi connectivity index (χ1) is 7.07. The highest BCUT2D eigenvalue weighted by atomic mass is 16.2. The SMILES string of the molecule is CC.CC(C)C(CN)N1C(=O)CCC1=O. The number of carbonyl (C=O) groups excluding carboxylic acids is 2. The van der Waals surface area contributed by atoms with Crippen LogP contribution < -0.4 is 5.73 Å². The van der Waals surface area contributed by atoms with Crippen molar-refractivity contribution in [1.82, 2.24) is 4.90 Å². The monoisotopic (exact) mass is 214 g/mol. The van der Waals surface area contributed by atoms with E-state index < -0.39 is 0 Å². The first-order valence-electron chi connectivity index (χ1n) is 5.63. The van der Waals surface area contributed by atoms with Gasteiger partial charge in [-0.3, -0.25) is 14.5 Å². The van der Waals surface area contributed by atoms with Crippen molar-refractivity contribution in [3.63, 3.8) is 0 Å². The molecule has 15 heavy (non-hydrogen) atoms. The van der Waals surface area contributed by atoms with Gasteiger partial charge in [-0.05, 0) is 5.92 Å². The Kier molecular flexibility index (Phi) is 6.17. The zero-order valence-corrected chi connectivity index (χ0v) is 10.1. The van der Waals surface area contributed by atoms with Gasteiger partial charge in [0.1, 0.15) is 0 Å². The summed E-state index contributed by atoms with van der Waals surface area (Å²) in [6.07, 6.45) is 0.699. The van der Waals surface area contributed by atoms with Crippen LogP contribution in [-0.2, 0) is 9.59 Å². The van der Waals surface area contributed by atoms with Gasteiger partial charge in [0.05, 0.1) is 6.04 Å². The molecule has 1 fully saturated rings. The summed E-state index contributed by atoms with van der Waals surface area (Å²) in [6, 6.07) is -0.123. The Hall–Kier alpha value is -0.900. The Labute approximate surface area is 91.8 Å². The molecule has 0 radical (unpaired) electrons. The number of hydrogen-bond donors (Lipinski definition) is 1. The topological polar surface area (TPSA) is 63.4 Å². The third-order valence-corrected chi connectivity index (χ3v) is 2.43. The minimum Gasteiger partial charge on any atom is -0.328 e. The van der Waals surface area contributed by atoms with Gasteiger partial charge in [0.15, 0.2) is 0 Å². The van der Waals surface area contributed by atoms with Crippen molar-refractivity contribution in [2.75, 3.05) is 6.54 Å². The van der Waals surface area contributed by atoms with Crippen LogP contribution in [0.15, 0.2) is 0 Å². The molecule has 1 rings (SSSR count). The van der Waals surface area contributed by atoms with Crippen molar-refractivity contribution in [2.45, 2.75) is 46.6 Å². The highest BCUT2D eigenvalue weighted by Crippen LogP contribution is 2.19. The average Bonchev–Trinajstić information content (AvgIpc) is 2.53. The molecule has 1 atom stereocenters. The lowest BCUT2D eigenvalue weighted by Gasteiger charge is -2.27. The van der Waals surface area contributed by atoms with Crippen LogP contribution in [0, 0.1) is 5.92 Å². The zero-order valence-electron chi connectivity index (χ0n) is 10.1. The van der Waals surface area contributed by atoms with Crippen molar-refractivity contribution >= 4 is 11.8 Å². The van der Waals surface area contributed by atoms with E-state index in [1.807, 2.05) is 27.7 Å². The average molecular weight is 214 g/mol. The van der Waals surface area contributed by atoms with Crippen LogP contribution in [0.2, 0.25) is 0 Å². The minimum atomic E-state index is -0.123. The van der Waals surface area contributed by atoms with E-state index in [1.54, 1.807) is 0 Å². The molecule has 4 heteroatoms. The van der Waals surface area contributed by atoms with E-state index in [9.17, 15) is 9.59 Å². The van der Waals surface area contributed by atoms with Gasteiger partial charge >= 0.3 is 0 Å². The number of nitrogens with two attached hydrogens (primary N) is 1. The predicted octanol–water partition coefficient (Wildman–Crippen LogP) is 1.14. The van der Waals surface area contributed by atoms with Gasteiger partial charge in [0.2, 0.25) is 11.8 Å². The lowest BCUT2D eigenvalue weighted by atomic mass is 10.0. The summed E-state index contributed by atoms with van der Waals surface area (Å²) >= 11 is 0. The standard InChI is InChI=1S/C9H16N2O2.C2H6/c1-6(2)7(5-10)11-8(12)3-4-9(11)13;1-2/h6-7H,3-5,10H2,1-2H3;1-2H3. The van der Waals surface area contributed by atoms with Gasteiger partial charge < -0.3 is 5.73 Å². The molecule has 0 spiro atoms. The molecule has 4 nitrogen and oxygen atoms in total. The predicted molar refractivity (Wildman–Crippen MR) is 60.1 cm³/mol. The van der Waals surface area contributed by atoms with Crippen LogP contribution in [0.25, 0.3) is 0 Å². The molecule has 0 bridgehead atoms. The van der Waals surface area contributed by atoms with E-state index >= 15 is 0 Å². The number of nitrogens with zero attached hydrogens (tertiary/aromatic N) is 1. The number of amides is 2. The third kappa shape index (κ3) is 3.30. The quantitative estimate of drug-likeness (QED) is 0.717. The molecule has 0 aromatic rings. The molecular weight excluding hydrogens is 192 g/mol. The highest BCUT2D eigenvalue weighted by molar-refractivity contribution is 6.02. The van der Waals surface area contributed by atoms with E-state index in [1.165, 1.54) is 4.90 Å². The summed E-state index contributed by atoms with van der Waals surface area (Å²) in [5.41, 5.74) is 5.53. The van der Waals surface area contributed by atoms with E-state index in [0.717, 1.165) is 0 Å². The van der Waals surface area contributed by atoms with Crippen molar-refractivity contribution in [1.29, 1.82) is 0 Å². The van der Waals surface area contributed by atoms with Crippen molar-refractivity contribution in [3.8, 4) is 0 Å². The second-order valence-electron chi connectivity index (χ2n) is 3.70. The summed E-state index contributed by atoms with van der Waals surface area (Å²) < 4.78 is 0. The molecule has 1 saturated heterocycles. The third-order valence-electron chi connectivity index (χ3n) is 2.43. The normalized spacial score (nSPS) is 17.9. The molecule has 0 aromatic heterocycles. The number of likely N-dealkylation sites (tertiary alicyclic amines) is 1. The fourth-order valence-electron chi connectivity index (χ4n) is 1.64. The molecule has 1 aliphatic rings. The Morgan fingerprint density at radius 3 is 1.87 bits per heavy atom. The Balaban J connectivity index is 0.000000921. The highest BCUT2D eigenvalue weighted by Gasteiger charge is 2.35. The molecule has 0 aromatic carbocycles. The Bertz CT molecular complexity index is 211. The Morgan fingerprint density at radius 1 is 1.20 bits per heavy atom. The number of rotatable bonds is 3. The first-order valence-corrected chi connectivity index (χ1v) is 5.63. The molecule has 2 amide bonds. The van der Waals surface area contributed by atoms with Crippen LogP contribution in [0.1, 0.15) is 40.5 Å². The van der Waals surface area contributed by atoms with Crippen molar-refractivity contribution < 1.29 is 9.59 Å². The molecule has 1 heterocycles. The zero-order chi connectivity index (χ0) is 12.0. The summed E-state index contributed by atoms with van der Waals surface area (Å²) in [7, 11) is 0. The number of hydrogen-bond acceptors (Lipinski definition) is 3. The molecule has 1 aliphatic heterocycles. The number of imide groups is 1. The maximum atomic E-state index is 11.3. The van der Waals surface area contributed by atoms with Crippen LogP contribution in [0.5, 0.6) is 0 Å². The van der Waals surface area contributed by atoms with E-state index in [2.05, 4.69) is 0 Å². The van der Waals surface area contributed by atoms with Crippen LogP contribution >= 0.6 is 0 Å². The molecule has 1 unspecified atom stereocenters. The summed E-state index contributed by atoms with van der Waals surface area (Å²) in [4.78, 5) is 24.0. The second-order valence-corrected chi connectivity index (χ2v) is 3.70. The van der Waals surface area contributed by atoms with Crippen LogP contribution in [0.3, 0.4) is 0 Å². The van der Waals surface area contributed by atoms with Gasteiger partial charge in [-0.15, -0.1) is 0 Å². The maximum absolute atomic E-state index is 11.3. The molecule has 88 valence electrons. The van der Waals surface area contributed by atoms with E-state index in [-0.39, 0.29) is 23.8 Å². The smallest absolute Gasteiger partial charge is 0.229 e. The molecule has 0 saturated carbocycles. The van der Waals surface area contributed by atoms with Crippen molar-refractivity contribution in [2.24, 2.45) is 11.7 Å². The van der Waals surface area contributed by atoms with Gasteiger partial charge in [-0.1, -0.05) is 27.7 Å². The van der Waals surface area contributed by atoms with Crippen molar-refractivity contribution in [3.05, 3.63) is 0 Å². The van der Waals surface area contributed by atoms with Gasteiger partial charge in [0.25, 0.3) is 0 Å². The fraction of sp³-hybridized carbons (Fsp3) is 0.818. The lowest BCUT2D eigenvalue weighted by Crippen LogP contribution is -2.46. The largest absolute Gasteiger partial charge is 0.328 e. The summed E-state index contributed by atoms with van der Waals surface area (Å²) in [5.74, 6) is 0.0827. The van der Waals surface area contributed by atoms with Crippen LogP contribution in [0.4, 0.5) is 0 Å². The van der Waals surface area contributed by atoms with Gasteiger partial charge in [-0.25, -0.2) is 0 Å². The van der Waals surface area contributed by atoms with E-state index in [4.69, 9.17) is 5.73 Å². The minimum absolute atomic E-state index is 0.0749. The second kappa shape index (κ2) is 6.56. The maximum Gasteiger partial charge on any atom is 0.229 e. The van der Waals surface area contributed by atoms with Crippen LogP contribution in [-0.4, -0.2) is 29.3 Å². The summed E-state index contributed by atoms with van der Waals surface area (Å²) in [5, 5.41) is 0. The lowest BCUT2D eigenvalue weighted by molar-refractivity contribution is -0.141. The fourth-order valence-corrected chi connectivity index (χ4v) is 1.64. The Morgan fingerprint density at radius 2 is 1.60 bits per heavy atom. The summed E-state index contributed by atoms with van der Waals surface area (Å²) in [6.45, 7) is 8.29. The van der Waals surface area contributed by atoms with E-state index in [0.29, 0.717) is 19.4 Å². The molecule has 0 aliphatic carbocycles.